The molecule has 1 unspecified atom stereocenters. The number of carbonyl (C=O) groups excluding carboxylic acids is 1. The molecular formula is C24H44O3S. The van der Waals surface area contributed by atoms with Gasteiger partial charge in [-0.1, -0.05) is 64.5 Å². The Labute approximate surface area is 178 Å². The summed E-state index contributed by atoms with van der Waals surface area (Å²) in [6, 6.07) is 0. The summed E-state index contributed by atoms with van der Waals surface area (Å²) in [5.41, 5.74) is 2.46. The molecule has 1 aliphatic heterocycles. The topological polar surface area (TPSA) is 46.5 Å². The summed E-state index contributed by atoms with van der Waals surface area (Å²) in [6.07, 6.45) is 11.9. The fraction of sp³-hybridized carbons (Fsp3) is 0.708. The Morgan fingerprint density at radius 1 is 1.25 bits per heavy atom. The molecule has 0 spiro atoms. The van der Waals surface area contributed by atoms with Gasteiger partial charge >= 0.3 is 5.97 Å². The van der Waals surface area contributed by atoms with Gasteiger partial charge in [0.05, 0.1) is 6.42 Å². The van der Waals surface area contributed by atoms with Crippen LogP contribution in [0, 0.1) is 5.92 Å². The minimum atomic E-state index is -0.100. The maximum atomic E-state index is 11.5. The average molecular weight is 413 g/mol. The molecule has 1 rings (SSSR count). The van der Waals surface area contributed by atoms with Gasteiger partial charge in [0.1, 0.15) is 6.10 Å². The molecule has 2 atom stereocenters. The van der Waals surface area contributed by atoms with Gasteiger partial charge in [-0.25, -0.2) is 0 Å². The van der Waals surface area contributed by atoms with Crippen molar-refractivity contribution in [3.8, 4) is 0 Å². The van der Waals surface area contributed by atoms with Crippen LogP contribution in [-0.2, 0) is 9.53 Å². The average Bonchev–Trinajstić information content (AvgIpc) is 2.99. The number of hydrogen-bond donors (Lipinski definition) is 1. The van der Waals surface area contributed by atoms with E-state index in [1.54, 1.807) is 6.08 Å². The standard InChI is InChI=1S/C17H26O3.C5H12S.C2H6/c1-4-6-13(2)8-9-15-12-17(19)20-16(15)11-14(3)7-5-10-18;1-5(2,3)6-4;1-2/h4,6,11,15-16,18H,1,5,7-10,12H2,2-3H3;1-4H3;1-2H3/b13-6+,14-11+;;/t15-,16?;;/m0../s1. The first kappa shape index (κ1) is 29.2. The number of hydrogen-bond acceptors (Lipinski definition) is 4. The third-order valence-corrected chi connectivity index (χ3v) is 5.49. The van der Waals surface area contributed by atoms with Crippen LogP contribution in [0.15, 0.2) is 36.0 Å². The Hall–Kier alpha value is -1.00. The normalized spacial score (nSPS) is 19.8. The Bertz CT molecular complexity index is 487. The molecule has 0 radical (unpaired) electrons. The highest BCUT2D eigenvalue weighted by Gasteiger charge is 2.32. The zero-order chi connectivity index (χ0) is 22.2. The fourth-order valence-electron chi connectivity index (χ4n) is 2.48. The largest absolute Gasteiger partial charge is 0.458 e. The van der Waals surface area contributed by atoms with Gasteiger partial charge in [0, 0.05) is 17.3 Å². The molecule has 4 heteroatoms. The predicted molar refractivity (Wildman–Crippen MR) is 126 cm³/mol. The molecule has 3 nitrogen and oxygen atoms in total. The summed E-state index contributed by atoms with van der Waals surface area (Å²) in [5.74, 6) is 0.163. The quantitative estimate of drug-likeness (QED) is 0.273. The van der Waals surface area contributed by atoms with Crippen molar-refractivity contribution >= 4 is 17.7 Å². The number of esters is 1. The monoisotopic (exact) mass is 412 g/mol. The number of carbonyl (C=O) groups is 1. The zero-order valence-corrected chi connectivity index (χ0v) is 20.3. The highest BCUT2D eigenvalue weighted by Crippen LogP contribution is 2.30. The predicted octanol–water partition coefficient (Wildman–Crippen LogP) is 6.72. The lowest BCUT2D eigenvalue weighted by molar-refractivity contribution is -0.140. The SMILES string of the molecule is C=C/C=C(\C)CC[C@H]1CC(=O)OC1/C=C(\C)CCCO.CC.CSC(C)(C)C. The van der Waals surface area contributed by atoms with Gasteiger partial charge in [0.25, 0.3) is 0 Å². The Morgan fingerprint density at radius 3 is 2.29 bits per heavy atom. The third kappa shape index (κ3) is 16.0. The molecule has 0 aliphatic carbocycles. The van der Waals surface area contributed by atoms with Crippen LogP contribution in [0.1, 0.15) is 80.6 Å². The molecule has 1 heterocycles. The highest BCUT2D eigenvalue weighted by molar-refractivity contribution is 7.99. The molecule has 0 aromatic heterocycles. The van der Waals surface area contributed by atoms with Crippen LogP contribution in [0.25, 0.3) is 0 Å². The minimum Gasteiger partial charge on any atom is -0.458 e. The van der Waals surface area contributed by atoms with Gasteiger partial charge in [-0.3, -0.25) is 4.79 Å². The van der Waals surface area contributed by atoms with Crippen molar-refractivity contribution in [1.82, 2.24) is 0 Å². The van der Waals surface area contributed by atoms with E-state index in [-0.39, 0.29) is 24.6 Å². The van der Waals surface area contributed by atoms with Crippen LogP contribution in [0.2, 0.25) is 0 Å². The van der Waals surface area contributed by atoms with Crippen molar-refractivity contribution < 1.29 is 14.6 Å². The third-order valence-electron chi connectivity index (χ3n) is 4.26. The lowest BCUT2D eigenvalue weighted by Crippen LogP contribution is -2.14. The number of ether oxygens (including phenoxy) is 1. The molecule has 1 N–H and O–H groups in total. The Morgan fingerprint density at radius 2 is 1.82 bits per heavy atom. The maximum Gasteiger partial charge on any atom is 0.306 e. The summed E-state index contributed by atoms with van der Waals surface area (Å²) >= 11 is 1.88. The van der Waals surface area contributed by atoms with Gasteiger partial charge < -0.3 is 9.84 Å². The van der Waals surface area contributed by atoms with Gasteiger partial charge in [-0.2, -0.15) is 11.8 Å². The van der Waals surface area contributed by atoms with Crippen LogP contribution in [0.3, 0.4) is 0 Å². The van der Waals surface area contributed by atoms with Crippen LogP contribution in [0.4, 0.5) is 0 Å². The van der Waals surface area contributed by atoms with Crippen molar-refractivity contribution in [3.05, 3.63) is 36.0 Å². The first-order valence-corrected chi connectivity index (χ1v) is 11.7. The molecule has 0 saturated carbocycles. The highest BCUT2D eigenvalue weighted by atomic mass is 32.2. The number of allylic oxidation sites excluding steroid dienone is 4. The number of thioether (sulfide) groups is 1. The second-order valence-corrected chi connectivity index (χ2v) is 9.50. The molecule has 1 fully saturated rings. The first-order valence-electron chi connectivity index (χ1n) is 10.4. The van der Waals surface area contributed by atoms with E-state index in [1.165, 1.54) is 11.1 Å². The molecule has 0 aromatic rings. The number of aliphatic hydroxyl groups is 1. The van der Waals surface area contributed by atoms with E-state index in [1.807, 2.05) is 38.6 Å². The molecule has 164 valence electrons. The molecule has 0 bridgehead atoms. The van der Waals surface area contributed by atoms with Crippen molar-refractivity contribution in [2.24, 2.45) is 5.92 Å². The smallest absolute Gasteiger partial charge is 0.306 e. The summed E-state index contributed by atoms with van der Waals surface area (Å²) in [5, 5.41) is 8.84. The summed E-state index contributed by atoms with van der Waals surface area (Å²) in [6.45, 7) is 18.6. The second kappa shape index (κ2) is 16.9. The fourth-order valence-corrected chi connectivity index (χ4v) is 2.48. The molecule has 1 aliphatic rings. The van der Waals surface area contributed by atoms with E-state index >= 15 is 0 Å². The van der Waals surface area contributed by atoms with Crippen LogP contribution in [-0.4, -0.2) is 34.8 Å². The Kier molecular flexibility index (Phi) is 17.6. The van der Waals surface area contributed by atoms with Crippen molar-refractivity contribution in [2.45, 2.75) is 91.4 Å². The van der Waals surface area contributed by atoms with Crippen molar-refractivity contribution in [2.75, 3.05) is 12.9 Å². The van der Waals surface area contributed by atoms with E-state index in [0.29, 0.717) is 11.2 Å². The maximum absolute atomic E-state index is 11.5. The molecule has 1 saturated heterocycles. The lowest BCUT2D eigenvalue weighted by atomic mass is 9.92. The molecule has 0 amide bonds. The van der Waals surface area contributed by atoms with Gasteiger partial charge in [-0.05, 0) is 51.9 Å². The van der Waals surface area contributed by atoms with Crippen LogP contribution < -0.4 is 0 Å². The summed E-state index contributed by atoms with van der Waals surface area (Å²) < 4.78 is 5.86. The number of rotatable bonds is 8. The van der Waals surface area contributed by atoms with Crippen LogP contribution in [0.5, 0.6) is 0 Å². The van der Waals surface area contributed by atoms with Crippen molar-refractivity contribution in [1.29, 1.82) is 0 Å². The summed E-state index contributed by atoms with van der Waals surface area (Å²) in [4.78, 5) is 11.5. The van der Waals surface area contributed by atoms with Gasteiger partial charge in [0.15, 0.2) is 0 Å². The minimum absolute atomic E-state index is 0.0993. The van der Waals surface area contributed by atoms with E-state index < -0.39 is 0 Å². The first-order chi connectivity index (χ1) is 13.1. The van der Waals surface area contributed by atoms with Crippen molar-refractivity contribution in [3.63, 3.8) is 0 Å². The number of cyclic esters (lactones) is 1. The second-order valence-electron chi connectivity index (χ2n) is 7.86. The molecule has 28 heavy (non-hydrogen) atoms. The van der Waals surface area contributed by atoms with Gasteiger partial charge in [0.2, 0.25) is 0 Å². The van der Waals surface area contributed by atoms with Gasteiger partial charge in [-0.15, -0.1) is 0 Å². The molecular weight excluding hydrogens is 368 g/mol. The Balaban J connectivity index is 0. The lowest BCUT2D eigenvalue weighted by Gasteiger charge is -2.15. The van der Waals surface area contributed by atoms with E-state index in [2.05, 4.69) is 46.6 Å². The van der Waals surface area contributed by atoms with E-state index in [4.69, 9.17) is 9.84 Å². The van der Waals surface area contributed by atoms with E-state index in [9.17, 15) is 4.79 Å². The zero-order valence-electron chi connectivity index (χ0n) is 19.5. The number of aliphatic hydroxyl groups excluding tert-OH is 1. The molecule has 0 aromatic carbocycles. The van der Waals surface area contributed by atoms with Crippen LogP contribution >= 0.6 is 11.8 Å². The summed E-state index contributed by atoms with van der Waals surface area (Å²) in [7, 11) is 0. The van der Waals surface area contributed by atoms with E-state index in [0.717, 1.165) is 25.7 Å².